The summed E-state index contributed by atoms with van der Waals surface area (Å²) in [6, 6.07) is 17.3. The van der Waals surface area contributed by atoms with Gasteiger partial charge in [-0.15, -0.1) is 0 Å². The summed E-state index contributed by atoms with van der Waals surface area (Å²) in [6.45, 7) is 4.20. The van der Waals surface area contributed by atoms with Gasteiger partial charge in [0.1, 0.15) is 24.6 Å². The molecule has 2 heterocycles. The molecular weight excluding hydrogens is 260 g/mol. The molecule has 0 saturated carbocycles. The predicted molar refractivity (Wildman–Crippen MR) is 85.5 cm³/mol. The SMILES string of the molecule is C[C@H](CO)N1CC[n+]2c1c1ccccc1c1ccccc12. The summed E-state index contributed by atoms with van der Waals surface area (Å²) in [5, 5.41) is 13.4. The first kappa shape index (κ1) is 12.6. The monoisotopic (exact) mass is 279 g/mol. The van der Waals surface area contributed by atoms with Gasteiger partial charge in [-0.05, 0) is 19.1 Å². The van der Waals surface area contributed by atoms with Crippen LogP contribution in [0, 0.1) is 0 Å². The van der Waals surface area contributed by atoms with Gasteiger partial charge < -0.3 is 5.11 Å². The number of benzene rings is 2. The van der Waals surface area contributed by atoms with Crippen molar-refractivity contribution in [2.45, 2.75) is 19.5 Å². The molecule has 106 valence electrons. The molecule has 0 radical (unpaired) electrons. The third-order valence-corrected chi connectivity index (χ3v) is 4.54. The topological polar surface area (TPSA) is 27.3 Å². The molecule has 1 N–H and O–H groups in total. The largest absolute Gasteiger partial charge is 0.392 e. The van der Waals surface area contributed by atoms with Gasteiger partial charge in [0.15, 0.2) is 0 Å². The Labute approximate surface area is 124 Å². The van der Waals surface area contributed by atoms with E-state index >= 15 is 0 Å². The van der Waals surface area contributed by atoms with Crippen LogP contribution in [0.4, 0.5) is 5.82 Å². The molecule has 0 amide bonds. The third kappa shape index (κ3) is 1.74. The minimum Gasteiger partial charge on any atom is -0.392 e. The molecule has 0 unspecified atom stereocenters. The van der Waals surface area contributed by atoms with E-state index < -0.39 is 0 Å². The maximum absolute atomic E-state index is 9.56. The van der Waals surface area contributed by atoms with Crippen LogP contribution >= 0.6 is 0 Å². The maximum Gasteiger partial charge on any atom is 0.285 e. The van der Waals surface area contributed by atoms with Crippen LogP contribution in [0.2, 0.25) is 0 Å². The Morgan fingerprint density at radius 3 is 2.48 bits per heavy atom. The molecule has 4 rings (SSSR count). The Bertz CT molecular complexity index is 828. The van der Waals surface area contributed by atoms with Crippen LogP contribution in [0.5, 0.6) is 0 Å². The number of aliphatic hydroxyl groups excluding tert-OH is 1. The minimum atomic E-state index is 0.142. The highest BCUT2D eigenvalue weighted by Crippen LogP contribution is 2.32. The molecule has 0 saturated heterocycles. The number of hydrogen-bond acceptors (Lipinski definition) is 2. The zero-order valence-corrected chi connectivity index (χ0v) is 12.2. The fourth-order valence-corrected chi connectivity index (χ4v) is 3.49. The molecule has 1 atom stereocenters. The zero-order valence-electron chi connectivity index (χ0n) is 12.2. The lowest BCUT2D eigenvalue weighted by Crippen LogP contribution is -2.36. The van der Waals surface area contributed by atoms with Crippen molar-refractivity contribution in [3.05, 3.63) is 48.5 Å². The van der Waals surface area contributed by atoms with E-state index in [1.54, 1.807) is 0 Å². The second-order valence-electron chi connectivity index (χ2n) is 5.76. The summed E-state index contributed by atoms with van der Waals surface area (Å²) >= 11 is 0. The van der Waals surface area contributed by atoms with Gasteiger partial charge in [0.25, 0.3) is 5.82 Å². The third-order valence-electron chi connectivity index (χ3n) is 4.54. The van der Waals surface area contributed by atoms with Gasteiger partial charge in [0, 0.05) is 10.8 Å². The second kappa shape index (κ2) is 4.71. The first-order chi connectivity index (χ1) is 10.3. The molecule has 1 aromatic heterocycles. The van der Waals surface area contributed by atoms with E-state index in [1.807, 2.05) is 0 Å². The Hall–Kier alpha value is -2.13. The van der Waals surface area contributed by atoms with E-state index in [0.717, 1.165) is 13.1 Å². The molecule has 0 spiro atoms. The van der Waals surface area contributed by atoms with Crippen molar-refractivity contribution in [3.63, 3.8) is 0 Å². The van der Waals surface area contributed by atoms with Gasteiger partial charge in [-0.2, -0.15) is 0 Å². The number of rotatable bonds is 2. The van der Waals surface area contributed by atoms with Crippen molar-refractivity contribution in [1.82, 2.24) is 0 Å². The molecule has 2 aromatic carbocycles. The van der Waals surface area contributed by atoms with Crippen LogP contribution in [0.1, 0.15) is 6.92 Å². The van der Waals surface area contributed by atoms with Gasteiger partial charge in [0.2, 0.25) is 0 Å². The number of pyridine rings is 1. The summed E-state index contributed by atoms with van der Waals surface area (Å²) in [4.78, 5) is 2.33. The van der Waals surface area contributed by atoms with Gasteiger partial charge in [0.05, 0.1) is 12.0 Å². The van der Waals surface area contributed by atoms with Crippen molar-refractivity contribution in [3.8, 4) is 0 Å². The summed E-state index contributed by atoms with van der Waals surface area (Å²) in [5.41, 5.74) is 1.28. The normalized spacial score (nSPS) is 15.6. The smallest absolute Gasteiger partial charge is 0.285 e. The van der Waals surface area contributed by atoms with E-state index in [4.69, 9.17) is 0 Å². The second-order valence-corrected chi connectivity index (χ2v) is 5.76. The van der Waals surface area contributed by atoms with E-state index in [-0.39, 0.29) is 12.6 Å². The van der Waals surface area contributed by atoms with Crippen molar-refractivity contribution in [2.75, 3.05) is 18.1 Å². The molecule has 0 aliphatic carbocycles. The van der Waals surface area contributed by atoms with Gasteiger partial charge >= 0.3 is 0 Å². The Balaban J connectivity index is 2.13. The standard InChI is InChI=1S/C18H19N2O/c1-13(12-21)19-10-11-20-17-9-5-4-7-15(17)14-6-2-3-8-16(14)18(19)20/h2-9,13,21H,10-12H2,1H3/q+1/t13-/m1/s1. The van der Waals surface area contributed by atoms with Gasteiger partial charge in [-0.3, -0.25) is 4.90 Å². The Morgan fingerprint density at radius 1 is 1.05 bits per heavy atom. The fraction of sp³-hybridized carbons (Fsp3) is 0.278. The zero-order chi connectivity index (χ0) is 14.4. The quantitative estimate of drug-likeness (QED) is 0.576. The van der Waals surface area contributed by atoms with Crippen LogP contribution in [0.3, 0.4) is 0 Å². The lowest BCUT2D eigenvalue weighted by Gasteiger charge is -2.18. The molecule has 3 nitrogen and oxygen atoms in total. The molecule has 3 heteroatoms. The van der Waals surface area contributed by atoms with E-state index in [9.17, 15) is 5.11 Å². The van der Waals surface area contributed by atoms with Crippen molar-refractivity contribution in [1.29, 1.82) is 0 Å². The number of nitrogens with zero attached hydrogens (tertiary/aromatic N) is 2. The molecular formula is C18H19N2O+. The number of para-hydroxylation sites is 1. The van der Waals surface area contributed by atoms with Crippen LogP contribution in [-0.4, -0.2) is 24.3 Å². The summed E-state index contributed by atoms with van der Waals surface area (Å²) in [7, 11) is 0. The van der Waals surface area contributed by atoms with E-state index in [1.165, 1.54) is 27.5 Å². The van der Waals surface area contributed by atoms with Crippen molar-refractivity contribution < 1.29 is 9.67 Å². The average Bonchev–Trinajstić information content (AvgIpc) is 3.00. The molecule has 1 aliphatic heterocycles. The first-order valence-electron chi connectivity index (χ1n) is 7.52. The molecule has 3 aromatic rings. The lowest BCUT2D eigenvalue weighted by atomic mass is 10.1. The number of aliphatic hydroxyl groups is 1. The molecule has 1 aliphatic rings. The maximum atomic E-state index is 9.56. The molecule has 0 fully saturated rings. The van der Waals surface area contributed by atoms with Gasteiger partial charge in [-0.1, -0.05) is 36.4 Å². The highest BCUT2D eigenvalue weighted by molar-refractivity contribution is 6.08. The average molecular weight is 279 g/mol. The highest BCUT2D eigenvalue weighted by Gasteiger charge is 2.35. The van der Waals surface area contributed by atoms with E-state index in [0.29, 0.717) is 0 Å². The first-order valence-corrected chi connectivity index (χ1v) is 7.52. The number of anilines is 1. The predicted octanol–water partition coefficient (Wildman–Crippen LogP) is 2.48. The fourth-order valence-electron chi connectivity index (χ4n) is 3.49. The van der Waals surface area contributed by atoms with Crippen LogP contribution in [0.25, 0.3) is 21.7 Å². The van der Waals surface area contributed by atoms with Crippen LogP contribution in [0.15, 0.2) is 48.5 Å². The lowest BCUT2D eigenvalue weighted by molar-refractivity contribution is -0.643. The van der Waals surface area contributed by atoms with Crippen LogP contribution < -0.4 is 9.47 Å². The number of aromatic nitrogens is 1. The Kier molecular flexibility index (Phi) is 2.82. The Morgan fingerprint density at radius 2 is 1.71 bits per heavy atom. The van der Waals surface area contributed by atoms with Crippen molar-refractivity contribution >= 4 is 27.5 Å². The summed E-state index contributed by atoms with van der Waals surface area (Å²) in [5.74, 6) is 1.24. The van der Waals surface area contributed by atoms with E-state index in [2.05, 4.69) is 64.9 Å². The van der Waals surface area contributed by atoms with Crippen LogP contribution in [-0.2, 0) is 6.54 Å². The summed E-state index contributed by atoms with van der Waals surface area (Å²) in [6.07, 6.45) is 0. The summed E-state index contributed by atoms with van der Waals surface area (Å²) < 4.78 is 2.39. The van der Waals surface area contributed by atoms with Gasteiger partial charge in [-0.25, -0.2) is 4.57 Å². The minimum absolute atomic E-state index is 0.142. The number of hydrogen-bond donors (Lipinski definition) is 1. The van der Waals surface area contributed by atoms with Crippen molar-refractivity contribution in [2.24, 2.45) is 0 Å². The molecule has 0 bridgehead atoms. The highest BCUT2D eigenvalue weighted by atomic mass is 16.3. The number of fused-ring (bicyclic) bond motifs is 6. The molecule has 21 heavy (non-hydrogen) atoms.